The number of nitrogens with two attached hydrogens (primary N) is 1. The van der Waals surface area contributed by atoms with Gasteiger partial charge in [0.2, 0.25) is 0 Å². The summed E-state index contributed by atoms with van der Waals surface area (Å²) in [6.45, 7) is 10.2. The van der Waals surface area contributed by atoms with Crippen LogP contribution in [0.4, 0.5) is 10.5 Å². The first-order chi connectivity index (χ1) is 19.6. The summed E-state index contributed by atoms with van der Waals surface area (Å²) in [5, 5.41) is 0. The standard InChI is InChI=1S/C31H42N4O6/c1-6-33-16-18-34(19-17-33)24-12-9-10-22-27(24)29(37)35(28(22)36)23(11-7-8-15-31(2,3)41-30(32)38)21-13-14-25(39-4)26(20-21)40-5/h9-10,12-14,20,23H,6-8,11,15-19H2,1-5H3,(H2,32,38)/t23-/m1/s1. The van der Waals surface area contributed by atoms with Gasteiger partial charge in [-0.15, -0.1) is 0 Å². The summed E-state index contributed by atoms with van der Waals surface area (Å²) >= 11 is 0. The van der Waals surface area contributed by atoms with Crippen LogP contribution in [0.3, 0.4) is 0 Å². The molecular weight excluding hydrogens is 524 g/mol. The highest BCUT2D eigenvalue weighted by Gasteiger charge is 2.43. The molecule has 0 aromatic heterocycles. The van der Waals surface area contributed by atoms with E-state index in [-0.39, 0.29) is 11.8 Å². The number of methoxy groups -OCH3 is 2. The Kier molecular flexibility index (Phi) is 9.42. The Morgan fingerprint density at radius 3 is 2.32 bits per heavy atom. The smallest absolute Gasteiger partial charge is 0.405 e. The minimum Gasteiger partial charge on any atom is -0.493 e. The average Bonchev–Trinajstić information content (AvgIpc) is 3.21. The van der Waals surface area contributed by atoms with E-state index in [1.165, 1.54) is 4.90 Å². The van der Waals surface area contributed by atoms with Gasteiger partial charge in [-0.3, -0.25) is 14.5 Å². The van der Waals surface area contributed by atoms with Crippen molar-refractivity contribution in [2.24, 2.45) is 5.73 Å². The molecule has 0 radical (unpaired) electrons. The lowest BCUT2D eigenvalue weighted by atomic mass is 9.95. The van der Waals surface area contributed by atoms with Crippen LogP contribution in [0.15, 0.2) is 36.4 Å². The van der Waals surface area contributed by atoms with E-state index in [0.29, 0.717) is 48.3 Å². The minimum atomic E-state index is -0.809. The van der Waals surface area contributed by atoms with Crippen LogP contribution in [0.5, 0.6) is 11.5 Å². The topological polar surface area (TPSA) is 115 Å². The molecule has 0 unspecified atom stereocenters. The number of piperazine rings is 1. The first-order valence-electron chi connectivity index (χ1n) is 14.3. The third kappa shape index (κ3) is 6.59. The van der Waals surface area contributed by atoms with E-state index in [1.54, 1.807) is 26.4 Å². The van der Waals surface area contributed by atoms with Crippen LogP contribution in [0.25, 0.3) is 0 Å². The fourth-order valence-electron chi connectivity index (χ4n) is 5.85. The molecule has 0 bridgehead atoms. The van der Waals surface area contributed by atoms with Gasteiger partial charge in [0.25, 0.3) is 11.8 Å². The van der Waals surface area contributed by atoms with Crippen molar-refractivity contribution in [1.82, 2.24) is 9.80 Å². The first kappa shape index (κ1) is 30.2. The zero-order valence-corrected chi connectivity index (χ0v) is 24.8. The van der Waals surface area contributed by atoms with Gasteiger partial charge < -0.3 is 29.7 Å². The molecule has 10 nitrogen and oxygen atoms in total. The van der Waals surface area contributed by atoms with Gasteiger partial charge in [0.15, 0.2) is 11.5 Å². The van der Waals surface area contributed by atoms with E-state index in [9.17, 15) is 14.4 Å². The van der Waals surface area contributed by atoms with Crippen molar-refractivity contribution in [3.8, 4) is 11.5 Å². The van der Waals surface area contributed by atoms with Crippen LogP contribution in [-0.2, 0) is 4.74 Å². The summed E-state index contributed by atoms with van der Waals surface area (Å²) in [6.07, 6.45) is 1.70. The molecule has 2 aromatic rings. The number of carbonyl (C=O) groups is 3. The van der Waals surface area contributed by atoms with Crippen molar-refractivity contribution in [3.63, 3.8) is 0 Å². The van der Waals surface area contributed by atoms with E-state index in [4.69, 9.17) is 19.9 Å². The average molecular weight is 567 g/mol. The van der Waals surface area contributed by atoms with Gasteiger partial charge in [-0.2, -0.15) is 0 Å². The molecule has 41 heavy (non-hydrogen) atoms. The molecule has 0 aliphatic carbocycles. The van der Waals surface area contributed by atoms with E-state index in [0.717, 1.165) is 44.0 Å². The number of carbonyl (C=O) groups excluding carboxylic acids is 3. The summed E-state index contributed by atoms with van der Waals surface area (Å²) < 4.78 is 16.2. The van der Waals surface area contributed by atoms with Crippen molar-refractivity contribution >= 4 is 23.6 Å². The summed E-state index contributed by atoms with van der Waals surface area (Å²) in [5.74, 6) is 0.514. The summed E-state index contributed by atoms with van der Waals surface area (Å²) in [6, 6.07) is 10.5. The molecular formula is C31H42N4O6. The van der Waals surface area contributed by atoms with E-state index < -0.39 is 17.7 Å². The lowest BCUT2D eigenvalue weighted by Crippen LogP contribution is -2.46. The molecule has 2 aromatic carbocycles. The number of primary amides is 1. The van der Waals surface area contributed by atoms with Crippen LogP contribution >= 0.6 is 0 Å². The molecule has 1 saturated heterocycles. The maximum absolute atomic E-state index is 14.1. The number of hydrogen-bond acceptors (Lipinski definition) is 8. The molecule has 0 saturated carbocycles. The molecule has 1 fully saturated rings. The molecule has 222 valence electrons. The van der Waals surface area contributed by atoms with Gasteiger partial charge >= 0.3 is 6.09 Å². The number of ether oxygens (including phenoxy) is 3. The molecule has 10 heteroatoms. The van der Waals surface area contributed by atoms with Gasteiger partial charge in [-0.1, -0.05) is 25.5 Å². The summed E-state index contributed by atoms with van der Waals surface area (Å²) in [7, 11) is 3.13. The quantitative estimate of drug-likeness (QED) is 0.293. The SMILES string of the molecule is CCN1CCN(c2cccc3c2C(=O)N([C@H](CCCCC(C)(C)OC(N)=O)c2ccc(OC)c(OC)c2)C3=O)CC1. The van der Waals surface area contributed by atoms with E-state index in [1.807, 2.05) is 38.1 Å². The van der Waals surface area contributed by atoms with Crippen LogP contribution in [-0.4, -0.2) is 80.3 Å². The Labute approximate surface area is 242 Å². The summed E-state index contributed by atoms with van der Waals surface area (Å²) in [5.41, 5.74) is 7.02. The van der Waals surface area contributed by atoms with Crippen LogP contribution in [0, 0.1) is 0 Å². The Bertz CT molecular complexity index is 1270. The predicted molar refractivity (Wildman–Crippen MR) is 157 cm³/mol. The van der Waals surface area contributed by atoms with E-state index >= 15 is 0 Å². The first-order valence-corrected chi connectivity index (χ1v) is 14.3. The van der Waals surface area contributed by atoms with E-state index in [2.05, 4.69) is 16.7 Å². The normalized spacial score (nSPS) is 16.5. The third-order valence-electron chi connectivity index (χ3n) is 8.07. The number of rotatable bonds is 12. The van der Waals surface area contributed by atoms with Crippen molar-refractivity contribution in [3.05, 3.63) is 53.1 Å². The number of benzene rings is 2. The van der Waals surface area contributed by atoms with Gasteiger partial charge in [0.05, 0.1) is 37.1 Å². The van der Waals surface area contributed by atoms with Gasteiger partial charge in [-0.05, 0) is 69.5 Å². The summed E-state index contributed by atoms with van der Waals surface area (Å²) in [4.78, 5) is 45.3. The number of fused-ring (bicyclic) bond motifs is 1. The molecule has 2 aliphatic heterocycles. The Morgan fingerprint density at radius 2 is 1.68 bits per heavy atom. The number of hydrogen-bond donors (Lipinski definition) is 1. The number of unbranched alkanes of at least 4 members (excludes halogenated alkanes) is 1. The van der Waals surface area contributed by atoms with Crippen molar-refractivity contribution in [1.29, 1.82) is 0 Å². The lowest BCUT2D eigenvalue weighted by Gasteiger charge is -2.36. The highest BCUT2D eigenvalue weighted by molar-refractivity contribution is 6.24. The molecule has 1 atom stereocenters. The Hall–Kier alpha value is -3.79. The van der Waals surface area contributed by atoms with Crippen molar-refractivity contribution in [2.45, 2.75) is 58.1 Å². The van der Waals surface area contributed by atoms with Crippen LogP contribution < -0.4 is 20.1 Å². The van der Waals surface area contributed by atoms with Crippen LogP contribution in [0.2, 0.25) is 0 Å². The third-order valence-corrected chi connectivity index (χ3v) is 8.07. The molecule has 2 N–H and O–H groups in total. The molecule has 4 rings (SSSR count). The zero-order chi connectivity index (χ0) is 29.7. The maximum atomic E-state index is 14.1. The Balaban J connectivity index is 1.63. The second-order valence-corrected chi connectivity index (χ2v) is 11.2. The molecule has 0 spiro atoms. The number of likely N-dealkylation sites (N-methyl/N-ethyl adjacent to an activating group) is 1. The molecule has 2 heterocycles. The van der Waals surface area contributed by atoms with Crippen LogP contribution in [0.1, 0.15) is 78.8 Å². The maximum Gasteiger partial charge on any atom is 0.405 e. The molecule has 2 aliphatic rings. The Morgan fingerprint density at radius 1 is 0.976 bits per heavy atom. The van der Waals surface area contributed by atoms with Gasteiger partial charge in [0.1, 0.15) is 5.60 Å². The zero-order valence-electron chi connectivity index (χ0n) is 24.8. The fraction of sp³-hybridized carbons (Fsp3) is 0.516. The highest BCUT2D eigenvalue weighted by Crippen LogP contribution is 2.41. The highest BCUT2D eigenvalue weighted by atomic mass is 16.6. The fourth-order valence-corrected chi connectivity index (χ4v) is 5.85. The lowest BCUT2D eigenvalue weighted by molar-refractivity contribution is 0.0360. The van der Waals surface area contributed by atoms with Gasteiger partial charge in [-0.25, -0.2) is 4.79 Å². The monoisotopic (exact) mass is 566 g/mol. The number of imide groups is 1. The second kappa shape index (κ2) is 12.8. The van der Waals surface area contributed by atoms with Crippen molar-refractivity contribution in [2.75, 3.05) is 51.8 Å². The number of nitrogens with zero attached hydrogens (tertiary/aromatic N) is 3. The number of amides is 3. The van der Waals surface area contributed by atoms with Crippen molar-refractivity contribution < 1.29 is 28.6 Å². The minimum absolute atomic E-state index is 0.282. The predicted octanol–water partition coefficient (Wildman–Crippen LogP) is 4.62. The molecule has 3 amide bonds. The number of anilines is 1. The second-order valence-electron chi connectivity index (χ2n) is 11.2. The largest absolute Gasteiger partial charge is 0.493 e. The van der Waals surface area contributed by atoms with Gasteiger partial charge in [0, 0.05) is 26.2 Å².